The smallest absolute Gasteiger partial charge is 0.161 e. The first-order valence-electron chi connectivity index (χ1n) is 5.26. The van der Waals surface area contributed by atoms with E-state index in [4.69, 9.17) is 5.73 Å². The van der Waals surface area contributed by atoms with E-state index in [0.29, 0.717) is 5.82 Å². The summed E-state index contributed by atoms with van der Waals surface area (Å²) in [5.74, 6) is 1.36. The molecule has 0 bridgehead atoms. The predicted octanol–water partition coefficient (Wildman–Crippen LogP) is 3.63. The second-order valence-electron chi connectivity index (χ2n) is 4.80. The molecule has 0 spiro atoms. The number of H-pyrrole nitrogens is 1. The number of aromatic nitrogens is 1. The molecule has 2 aromatic rings. The molecule has 3 N–H and O–H groups in total. The average molecular weight is 216 g/mol. The molecule has 4 heteroatoms. The van der Waals surface area contributed by atoms with Crippen LogP contribution in [0, 0.1) is 0 Å². The van der Waals surface area contributed by atoms with Crippen LogP contribution in [0.1, 0.15) is 20.8 Å². The number of rotatable bonds is 1. The second-order valence-corrected chi connectivity index (χ2v) is 4.80. The normalized spacial score (nSPS) is 12.7. The fraction of sp³-hybridized carbons (Fsp3) is 0.333. The predicted molar refractivity (Wildman–Crippen MR) is 67.0 cm³/mol. The minimum Gasteiger partial charge on any atom is -0.385 e. The highest BCUT2D eigenvalue weighted by molar-refractivity contribution is 5.99. The van der Waals surface area contributed by atoms with Crippen LogP contribution in [0.25, 0.3) is 10.8 Å². The van der Waals surface area contributed by atoms with E-state index in [9.17, 15) is 0 Å². The molecule has 84 valence electrons. The van der Waals surface area contributed by atoms with Gasteiger partial charge in [0.25, 0.3) is 0 Å². The molecule has 0 unspecified atom stereocenters. The summed E-state index contributed by atoms with van der Waals surface area (Å²) in [5, 5.41) is 10.4. The van der Waals surface area contributed by atoms with E-state index < -0.39 is 0 Å². The SMILES string of the molecule is CC(C)(C)N=Nc1[nH]c(N)c2ccccc12. The Bertz CT molecular complexity index is 531. The molecule has 0 aliphatic heterocycles. The fourth-order valence-electron chi connectivity index (χ4n) is 1.47. The van der Waals surface area contributed by atoms with Gasteiger partial charge in [-0.1, -0.05) is 24.3 Å². The molecule has 0 fully saturated rings. The molecule has 1 heterocycles. The Hall–Kier alpha value is -1.84. The number of nitrogens with one attached hydrogen (secondary N) is 1. The summed E-state index contributed by atoms with van der Waals surface area (Å²) >= 11 is 0. The van der Waals surface area contributed by atoms with Gasteiger partial charge in [0.2, 0.25) is 0 Å². The Morgan fingerprint density at radius 3 is 2.38 bits per heavy atom. The number of aromatic amines is 1. The monoisotopic (exact) mass is 216 g/mol. The molecule has 1 aromatic heterocycles. The third-order valence-corrected chi connectivity index (χ3v) is 2.18. The first-order valence-corrected chi connectivity index (χ1v) is 5.26. The zero-order valence-electron chi connectivity index (χ0n) is 9.78. The van der Waals surface area contributed by atoms with Crippen molar-refractivity contribution in [1.82, 2.24) is 4.98 Å². The minimum atomic E-state index is -0.180. The van der Waals surface area contributed by atoms with Crippen LogP contribution < -0.4 is 5.73 Å². The maximum atomic E-state index is 5.86. The average Bonchev–Trinajstić information content (AvgIpc) is 2.53. The summed E-state index contributed by atoms with van der Waals surface area (Å²) in [6, 6.07) is 7.87. The summed E-state index contributed by atoms with van der Waals surface area (Å²) in [5.41, 5.74) is 5.68. The number of nitrogens with two attached hydrogens (primary N) is 1. The highest BCUT2D eigenvalue weighted by atomic mass is 15.2. The van der Waals surface area contributed by atoms with Crippen LogP contribution >= 0.6 is 0 Å². The first-order chi connectivity index (χ1) is 7.47. The summed E-state index contributed by atoms with van der Waals surface area (Å²) < 4.78 is 0. The zero-order chi connectivity index (χ0) is 11.8. The molecule has 2 rings (SSSR count). The molecule has 0 aliphatic carbocycles. The Balaban J connectivity index is 2.50. The zero-order valence-corrected chi connectivity index (χ0v) is 9.78. The number of hydrogen-bond acceptors (Lipinski definition) is 3. The van der Waals surface area contributed by atoms with Gasteiger partial charge in [-0.2, -0.15) is 5.11 Å². The highest BCUT2D eigenvalue weighted by Gasteiger charge is 2.10. The molecule has 1 aromatic carbocycles. The van der Waals surface area contributed by atoms with Crippen LogP contribution in [0.3, 0.4) is 0 Å². The van der Waals surface area contributed by atoms with Crippen LogP contribution in [0.5, 0.6) is 0 Å². The van der Waals surface area contributed by atoms with Crippen molar-refractivity contribution in [3.05, 3.63) is 24.3 Å². The number of hydrogen-bond donors (Lipinski definition) is 2. The lowest BCUT2D eigenvalue weighted by Gasteiger charge is -2.08. The van der Waals surface area contributed by atoms with Crippen LogP contribution in [0.2, 0.25) is 0 Å². The number of nitrogens with zero attached hydrogens (tertiary/aromatic N) is 2. The largest absolute Gasteiger partial charge is 0.385 e. The van der Waals surface area contributed by atoms with Crippen molar-refractivity contribution in [3.8, 4) is 0 Å². The number of nitrogen functional groups attached to an aromatic ring is 1. The van der Waals surface area contributed by atoms with Crippen molar-refractivity contribution in [2.45, 2.75) is 26.3 Å². The van der Waals surface area contributed by atoms with E-state index in [-0.39, 0.29) is 5.54 Å². The van der Waals surface area contributed by atoms with E-state index >= 15 is 0 Å². The summed E-state index contributed by atoms with van der Waals surface area (Å²) in [6.07, 6.45) is 0. The Morgan fingerprint density at radius 1 is 1.12 bits per heavy atom. The molecule has 0 amide bonds. The van der Waals surface area contributed by atoms with E-state index in [0.717, 1.165) is 16.6 Å². The fourth-order valence-corrected chi connectivity index (χ4v) is 1.47. The summed E-state index contributed by atoms with van der Waals surface area (Å²) in [4.78, 5) is 3.04. The van der Waals surface area contributed by atoms with Crippen LogP contribution in [0.4, 0.5) is 11.6 Å². The van der Waals surface area contributed by atoms with Gasteiger partial charge in [0.15, 0.2) is 5.82 Å². The first kappa shape index (κ1) is 10.7. The highest BCUT2D eigenvalue weighted by Crippen LogP contribution is 2.30. The molecule has 0 atom stereocenters. The molecule has 0 saturated heterocycles. The molecule has 16 heavy (non-hydrogen) atoms. The number of azo groups is 1. The Kier molecular flexibility index (Phi) is 2.42. The van der Waals surface area contributed by atoms with Gasteiger partial charge in [-0.05, 0) is 20.8 Å². The third-order valence-electron chi connectivity index (χ3n) is 2.18. The Morgan fingerprint density at radius 2 is 1.75 bits per heavy atom. The standard InChI is InChI=1S/C12H16N4/c1-12(2,3)16-15-11-9-7-5-4-6-8(9)10(13)14-11/h4-7,14H,13H2,1-3H3. The van der Waals surface area contributed by atoms with E-state index in [1.807, 2.05) is 45.0 Å². The van der Waals surface area contributed by atoms with Crippen LogP contribution in [0.15, 0.2) is 34.5 Å². The minimum absolute atomic E-state index is 0.180. The lowest BCUT2D eigenvalue weighted by Crippen LogP contribution is -2.07. The van der Waals surface area contributed by atoms with E-state index in [1.54, 1.807) is 0 Å². The van der Waals surface area contributed by atoms with Gasteiger partial charge in [-0.25, -0.2) is 0 Å². The van der Waals surface area contributed by atoms with Gasteiger partial charge in [0.05, 0.1) is 5.54 Å². The number of anilines is 1. The summed E-state index contributed by atoms with van der Waals surface area (Å²) in [7, 11) is 0. The van der Waals surface area contributed by atoms with Gasteiger partial charge in [0, 0.05) is 10.8 Å². The summed E-state index contributed by atoms with van der Waals surface area (Å²) in [6.45, 7) is 6.01. The molecule has 4 nitrogen and oxygen atoms in total. The lowest BCUT2D eigenvalue weighted by molar-refractivity contribution is 0.552. The number of fused-ring (bicyclic) bond motifs is 1. The van der Waals surface area contributed by atoms with Gasteiger partial charge in [0.1, 0.15) is 5.82 Å². The van der Waals surface area contributed by atoms with Gasteiger partial charge < -0.3 is 10.7 Å². The quantitative estimate of drug-likeness (QED) is 0.702. The molecular weight excluding hydrogens is 200 g/mol. The van der Waals surface area contributed by atoms with Crippen molar-refractivity contribution in [2.75, 3.05) is 5.73 Å². The van der Waals surface area contributed by atoms with E-state index in [1.165, 1.54) is 0 Å². The van der Waals surface area contributed by atoms with Crippen LogP contribution in [-0.4, -0.2) is 10.5 Å². The van der Waals surface area contributed by atoms with Gasteiger partial charge in [-0.15, -0.1) is 5.11 Å². The molecular formula is C12H16N4. The maximum absolute atomic E-state index is 5.86. The van der Waals surface area contributed by atoms with Gasteiger partial charge >= 0.3 is 0 Å². The molecule has 0 aliphatic rings. The molecule has 0 radical (unpaired) electrons. The van der Waals surface area contributed by atoms with E-state index in [2.05, 4.69) is 15.2 Å². The second kappa shape index (κ2) is 3.63. The molecule has 0 saturated carbocycles. The number of benzene rings is 1. The van der Waals surface area contributed by atoms with Crippen molar-refractivity contribution in [3.63, 3.8) is 0 Å². The van der Waals surface area contributed by atoms with Crippen molar-refractivity contribution < 1.29 is 0 Å². The Labute approximate surface area is 94.6 Å². The third kappa shape index (κ3) is 2.05. The van der Waals surface area contributed by atoms with Crippen molar-refractivity contribution in [2.24, 2.45) is 10.2 Å². The van der Waals surface area contributed by atoms with Gasteiger partial charge in [-0.3, -0.25) is 0 Å². The lowest BCUT2D eigenvalue weighted by atomic mass is 10.1. The maximum Gasteiger partial charge on any atom is 0.161 e. The van der Waals surface area contributed by atoms with Crippen LogP contribution in [-0.2, 0) is 0 Å². The van der Waals surface area contributed by atoms with Crippen molar-refractivity contribution in [1.29, 1.82) is 0 Å². The topological polar surface area (TPSA) is 66.5 Å². The van der Waals surface area contributed by atoms with Crippen molar-refractivity contribution >= 4 is 22.4 Å².